The lowest BCUT2D eigenvalue weighted by molar-refractivity contribution is -0.128. The summed E-state index contributed by atoms with van der Waals surface area (Å²) in [5.74, 6) is 0.217. The number of nitrogens with one attached hydrogen (secondary N) is 1. The molecule has 2 heterocycles. The van der Waals surface area contributed by atoms with Crippen molar-refractivity contribution in [1.82, 2.24) is 15.0 Å². The highest BCUT2D eigenvalue weighted by atomic mass is 32.2. The second-order valence-corrected chi connectivity index (χ2v) is 7.36. The molecule has 128 valence electrons. The van der Waals surface area contributed by atoms with E-state index in [9.17, 15) is 13.2 Å². The maximum absolute atomic E-state index is 12.5. The van der Waals surface area contributed by atoms with E-state index >= 15 is 0 Å². The molecule has 8 nitrogen and oxygen atoms in total. The van der Waals surface area contributed by atoms with Gasteiger partial charge in [0.2, 0.25) is 11.8 Å². The van der Waals surface area contributed by atoms with Gasteiger partial charge in [0.1, 0.15) is 0 Å². The summed E-state index contributed by atoms with van der Waals surface area (Å²) in [6.45, 7) is 4.36. The van der Waals surface area contributed by atoms with Crippen LogP contribution in [0.1, 0.15) is 23.9 Å². The molecule has 0 radical (unpaired) electrons. The average Bonchev–Trinajstić information content (AvgIpc) is 2.80. The standard InChI is InChI=1S/C15H18N4O4S/c1-10-16-15(17-23-10)18-24(21,22)14-4-3-12-5-7-19(11(2)20)8-6-13(12)9-14/h3-4,9H,5-8H2,1-2H3,(H,17,18). The van der Waals surface area contributed by atoms with Gasteiger partial charge in [0, 0.05) is 26.9 Å². The molecule has 0 bridgehead atoms. The number of carbonyl (C=O) groups is 1. The van der Waals surface area contributed by atoms with Crippen molar-refractivity contribution >= 4 is 21.9 Å². The van der Waals surface area contributed by atoms with Gasteiger partial charge >= 0.3 is 0 Å². The molecule has 0 atom stereocenters. The van der Waals surface area contributed by atoms with Crippen LogP contribution in [0.5, 0.6) is 0 Å². The summed E-state index contributed by atoms with van der Waals surface area (Å²) in [5, 5.41) is 3.54. The van der Waals surface area contributed by atoms with Crippen LogP contribution in [0.2, 0.25) is 0 Å². The Bertz CT molecular complexity index is 875. The summed E-state index contributed by atoms with van der Waals surface area (Å²) >= 11 is 0. The fourth-order valence-corrected chi connectivity index (χ4v) is 3.69. The molecule has 0 unspecified atom stereocenters. The van der Waals surface area contributed by atoms with Gasteiger partial charge < -0.3 is 9.42 Å². The predicted octanol–water partition coefficient (Wildman–Crippen LogP) is 1.13. The van der Waals surface area contributed by atoms with Crippen LogP contribution >= 0.6 is 0 Å². The molecule has 24 heavy (non-hydrogen) atoms. The first-order valence-corrected chi connectivity index (χ1v) is 9.04. The third kappa shape index (κ3) is 3.40. The number of hydrogen-bond acceptors (Lipinski definition) is 6. The average molecular weight is 350 g/mol. The number of amides is 1. The first-order valence-electron chi connectivity index (χ1n) is 7.55. The van der Waals surface area contributed by atoms with Crippen molar-refractivity contribution in [2.75, 3.05) is 17.8 Å². The molecular weight excluding hydrogens is 332 g/mol. The van der Waals surface area contributed by atoms with Crippen molar-refractivity contribution < 1.29 is 17.7 Å². The Morgan fingerprint density at radius 2 is 1.96 bits per heavy atom. The number of carbonyl (C=O) groups excluding carboxylic acids is 1. The van der Waals surface area contributed by atoms with E-state index in [0.717, 1.165) is 11.1 Å². The monoisotopic (exact) mass is 350 g/mol. The quantitative estimate of drug-likeness (QED) is 0.889. The zero-order valence-electron chi connectivity index (χ0n) is 13.4. The van der Waals surface area contributed by atoms with E-state index in [4.69, 9.17) is 4.52 Å². The van der Waals surface area contributed by atoms with E-state index in [1.54, 1.807) is 36.9 Å². The SMILES string of the molecule is CC(=O)N1CCc2ccc(S(=O)(=O)Nc3noc(C)n3)cc2CC1. The predicted molar refractivity (Wildman–Crippen MR) is 85.9 cm³/mol. The molecule has 0 saturated heterocycles. The second kappa shape index (κ2) is 6.23. The molecule has 1 aromatic carbocycles. The smallest absolute Gasteiger partial charge is 0.277 e. The Balaban J connectivity index is 1.85. The van der Waals surface area contributed by atoms with Crippen LogP contribution in [0.4, 0.5) is 5.95 Å². The van der Waals surface area contributed by atoms with Crippen molar-refractivity contribution in [2.45, 2.75) is 31.6 Å². The maximum atomic E-state index is 12.5. The van der Waals surface area contributed by atoms with Gasteiger partial charge in [0.25, 0.3) is 16.0 Å². The highest BCUT2D eigenvalue weighted by molar-refractivity contribution is 7.92. The number of hydrogen-bond donors (Lipinski definition) is 1. The van der Waals surface area contributed by atoms with Crippen molar-refractivity contribution in [3.05, 3.63) is 35.2 Å². The highest BCUT2D eigenvalue weighted by Crippen LogP contribution is 2.22. The number of aromatic nitrogens is 2. The van der Waals surface area contributed by atoms with Crippen LogP contribution in [0.25, 0.3) is 0 Å². The van der Waals surface area contributed by atoms with E-state index in [1.165, 1.54) is 0 Å². The van der Waals surface area contributed by atoms with Crippen LogP contribution in [-0.2, 0) is 27.7 Å². The summed E-state index contributed by atoms with van der Waals surface area (Å²) in [5.41, 5.74) is 2.00. The minimum Gasteiger partial charge on any atom is -0.342 e. The molecule has 1 aromatic heterocycles. The summed E-state index contributed by atoms with van der Waals surface area (Å²) in [4.78, 5) is 17.3. The van der Waals surface area contributed by atoms with Crippen LogP contribution in [0, 0.1) is 6.92 Å². The maximum Gasteiger partial charge on any atom is 0.277 e. The van der Waals surface area contributed by atoms with Gasteiger partial charge in [0.15, 0.2) is 0 Å². The second-order valence-electron chi connectivity index (χ2n) is 5.68. The highest BCUT2D eigenvalue weighted by Gasteiger charge is 2.21. The normalized spacial score (nSPS) is 14.8. The lowest BCUT2D eigenvalue weighted by Crippen LogP contribution is -2.30. The number of sulfonamides is 1. The van der Waals surface area contributed by atoms with Gasteiger partial charge in [-0.3, -0.25) is 4.79 Å². The lowest BCUT2D eigenvalue weighted by atomic mass is 10.0. The fourth-order valence-electron chi connectivity index (χ4n) is 2.70. The molecule has 1 amide bonds. The van der Waals surface area contributed by atoms with Crippen LogP contribution in [0.15, 0.2) is 27.6 Å². The van der Waals surface area contributed by atoms with Crippen LogP contribution < -0.4 is 4.72 Å². The summed E-state index contributed by atoms with van der Waals surface area (Å²) in [7, 11) is -3.79. The zero-order valence-corrected chi connectivity index (χ0v) is 14.3. The molecule has 0 fully saturated rings. The minimum atomic E-state index is -3.79. The molecule has 0 aliphatic carbocycles. The minimum absolute atomic E-state index is 0.0322. The van der Waals surface area contributed by atoms with Gasteiger partial charge in [-0.15, -0.1) is 0 Å². The lowest BCUT2D eigenvalue weighted by Gasteiger charge is -2.17. The Kier molecular flexibility index (Phi) is 4.27. The van der Waals surface area contributed by atoms with E-state index in [-0.39, 0.29) is 22.6 Å². The summed E-state index contributed by atoms with van der Waals surface area (Å²) in [6, 6.07) is 5.00. The molecule has 0 saturated carbocycles. The molecule has 1 aliphatic heterocycles. The third-order valence-electron chi connectivity index (χ3n) is 3.99. The van der Waals surface area contributed by atoms with Crippen molar-refractivity contribution in [2.24, 2.45) is 0 Å². The zero-order chi connectivity index (χ0) is 17.3. The summed E-state index contributed by atoms with van der Waals surface area (Å²) in [6.07, 6.45) is 1.34. The van der Waals surface area contributed by atoms with Gasteiger partial charge in [-0.2, -0.15) is 4.98 Å². The van der Waals surface area contributed by atoms with Crippen LogP contribution in [-0.4, -0.2) is 42.5 Å². The molecule has 1 N–H and O–H groups in total. The van der Waals surface area contributed by atoms with E-state index < -0.39 is 10.0 Å². The topological polar surface area (TPSA) is 105 Å². The first kappa shape index (κ1) is 16.4. The van der Waals surface area contributed by atoms with Crippen molar-refractivity contribution in [1.29, 1.82) is 0 Å². The molecule has 1 aliphatic rings. The van der Waals surface area contributed by atoms with E-state index in [2.05, 4.69) is 14.9 Å². The van der Waals surface area contributed by atoms with Crippen LogP contribution in [0.3, 0.4) is 0 Å². The number of aryl methyl sites for hydroxylation is 1. The first-order chi connectivity index (χ1) is 11.3. The number of anilines is 1. The Hall–Kier alpha value is -2.42. The number of benzene rings is 1. The molecule has 9 heteroatoms. The summed E-state index contributed by atoms with van der Waals surface area (Å²) < 4.78 is 32.0. The van der Waals surface area contributed by atoms with Gasteiger partial charge in [-0.25, -0.2) is 13.1 Å². The molecule has 3 rings (SSSR count). The fraction of sp³-hybridized carbons (Fsp3) is 0.400. The third-order valence-corrected chi connectivity index (χ3v) is 5.31. The Morgan fingerprint density at radius 1 is 1.25 bits per heavy atom. The van der Waals surface area contributed by atoms with Crippen molar-refractivity contribution in [3.8, 4) is 0 Å². The van der Waals surface area contributed by atoms with Crippen molar-refractivity contribution in [3.63, 3.8) is 0 Å². The number of nitrogens with zero attached hydrogens (tertiary/aromatic N) is 3. The molecule has 0 spiro atoms. The Morgan fingerprint density at radius 3 is 2.58 bits per heavy atom. The number of fused-ring (bicyclic) bond motifs is 1. The van der Waals surface area contributed by atoms with Gasteiger partial charge in [-0.05, 0) is 41.3 Å². The molecule has 2 aromatic rings. The van der Waals surface area contributed by atoms with E-state index in [0.29, 0.717) is 25.9 Å². The number of rotatable bonds is 3. The molecular formula is C15H18N4O4S. The largest absolute Gasteiger partial charge is 0.342 e. The Labute approximate surface area is 139 Å². The van der Waals surface area contributed by atoms with E-state index in [1.807, 2.05) is 0 Å². The van der Waals surface area contributed by atoms with Gasteiger partial charge in [0.05, 0.1) is 4.90 Å². The van der Waals surface area contributed by atoms with Gasteiger partial charge in [-0.1, -0.05) is 6.07 Å².